The highest BCUT2D eigenvalue weighted by molar-refractivity contribution is 6.30. The number of hydrogen-bond acceptors (Lipinski definition) is 1. The summed E-state index contributed by atoms with van der Waals surface area (Å²) in [5.41, 5.74) is 0.915. The summed E-state index contributed by atoms with van der Waals surface area (Å²) in [6, 6.07) is 6.42. The number of benzene rings is 1. The average molecular weight is 252 g/mol. The molecule has 0 saturated heterocycles. The Morgan fingerprint density at radius 3 is 2.31 bits per heavy atom. The van der Waals surface area contributed by atoms with Crippen molar-refractivity contribution in [2.45, 2.75) is 32.1 Å². The van der Waals surface area contributed by atoms with E-state index in [1.165, 1.54) is 6.92 Å². The van der Waals surface area contributed by atoms with Crippen LogP contribution in [0.2, 0.25) is 5.02 Å². The summed E-state index contributed by atoms with van der Waals surface area (Å²) in [6.45, 7) is 1.93. The van der Waals surface area contributed by atoms with Gasteiger partial charge in [-0.3, -0.25) is 0 Å². The second-order valence-electron chi connectivity index (χ2n) is 3.73. The van der Waals surface area contributed by atoms with Gasteiger partial charge in [-0.2, -0.15) is 13.2 Å². The van der Waals surface area contributed by atoms with E-state index in [0.29, 0.717) is 11.6 Å². The Labute approximate surface area is 97.6 Å². The number of rotatable bonds is 4. The average Bonchev–Trinajstić information content (AvgIpc) is 2.14. The quantitative estimate of drug-likeness (QED) is 0.859. The van der Waals surface area contributed by atoms with E-state index >= 15 is 0 Å². The zero-order chi connectivity index (χ0) is 12.2. The van der Waals surface area contributed by atoms with Gasteiger partial charge in [0.05, 0.1) is 6.42 Å². The number of halogens is 4. The maximum atomic E-state index is 12.0. The number of hydrogen-bond donors (Lipinski definition) is 1. The fourth-order valence-electron chi connectivity index (χ4n) is 1.31. The summed E-state index contributed by atoms with van der Waals surface area (Å²) in [4.78, 5) is 0. The van der Waals surface area contributed by atoms with Crippen molar-refractivity contribution in [1.82, 2.24) is 5.32 Å². The molecule has 1 N–H and O–H groups in total. The highest BCUT2D eigenvalue weighted by atomic mass is 35.5. The third-order valence-electron chi connectivity index (χ3n) is 2.11. The van der Waals surface area contributed by atoms with E-state index in [1.807, 2.05) is 0 Å². The lowest BCUT2D eigenvalue weighted by Crippen LogP contribution is -2.30. The predicted molar refractivity (Wildman–Crippen MR) is 58.4 cm³/mol. The van der Waals surface area contributed by atoms with Crippen molar-refractivity contribution in [3.8, 4) is 0 Å². The third kappa shape index (κ3) is 5.37. The molecular formula is C11H13ClF3N. The van der Waals surface area contributed by atoms with Gasteiger partial charge in [-0.05, 0) is 24.6 Å². The molecule has 1 rings (SSSR count). The zero-order valence-electron chi connectivity index (χ0n) is 8.81. The molecular weight excluding hydrogens is 239 g/mol. The minimum absolute atomic E-state index is 0.411. The van der Waals surface area contributed by atoms with Crippen LogP contribution < -0.4 is 5.32 Å². The number of alkyl halides is 3. The van der Waals surface area contributed by atoms with E-state index in [1.54, 1.807) is 24.3 Å². The summed E-state index contributed by atoms with van der Waals surface area (Å²) < 4.78 is 36.1. The summed E-state index contributed by atoms with van der Waals surface area (Å²) in [5, 5.41) is 3.43. The van der Waals surface area contributed by atoms with Crippen LogP contribution in [-0.4, -0.2) is 12.2 Å². The molecule has 0 spiro atoms. The molecule has 0 amide bonds. The van der Waals surface area contributed by atoms with Gasteiger partial charge in [0.2, 0.25) is 0 Å². The Hall–Kier alpha value is -0.740. The molecule has 0 aliphatic heterocycles. The standard InChI is InChI=1S/C11H13ClF3N/c1-8(6-11(13,14)15)16-7-9-2-4-10(12)5-3-9/h2-5,8,16H,6-7H2,1H3. The van der Waals surface area contributed by atoms with Crippen molar-refractivity contribution in [1.29, 1.82) is 0 Å². The van der Waals surface area contributed by atoms with Gasteiger partial charge >= 0.3 is 6.18 Å². The van der Waals surface area contributed by atoms with Gasteiger partial charge in [0.1, 0.15) is 0 Å². The van der Waals surface area contributed by atoms with E-state index in [0.717, 1.165) is 5.56 Å². The lowest BCUT2D eigenvalue weighted by molar-refractivity contribution is -0.139. The molecule has 1 nitrogen and oxygen atoms in total. The van der Waals surface area contributed by atoms with Crippen LogP contribution in [0.15, 0.2) is 24.3 Å². The van der Waals surface area contributed by atoms with Crippen LogP contribution in [0.1, 0.15) is 18.9 Å². The summed E-state index contributed by atoms with van der Waals surface area (Å²) in [6.07, 6.45) is -4.94. The molecule has 0 bridgehead atoms. The van der Waals surface area contributed by atoms with E-state index in [4.69, 9.17) is 11.6 Å². The normalized spacial score (nSPS) is 13.8. The van der Waals surface area contributed by atoms with E-state index in [-0.39, 0.29) is 0 Å². The van der Waals surface area contributed by atoms with Crippen molar-refractivity contribution in [3.05, 3.63) is 34.9 Å². The Bertz CT molecular complexity index is 321. The van der Waals surface area contributed by atoms with Crippen LogP contribution in [0.25, 0.3) is 0 Å². The highest BCUT2D eigenvalue weighted by Gasteiger charge is 2.29. The molecule has 1 unspecified atom stereocenters. The predicted octanol–water partition coefficient (Wildman–Crippen LogP) is 3.77. The maximum absolute atomic E-state index is 12.0. The lowest BCUT2D eigenvalue weighted by atomic mass is 10.2. The van der Waals surface area contributed by atoms with Crippen LogP contribution in [0.3, 0.4) is 0 Å². The Morgan fingerprint density at radius 2 is 1.81 bits per heavy atom. The Balaban J connectivity index is 2.37. The smallest absolute Gasteiger partial charge is 0.310 e. The molecule has 0 heterocycles. The SMILES string of the molecule is CC(CC(F)(F)F)NCc1ccc(Cl)cc1. The molecule has 0 aliphatic carbocycles. The molecule has 16 heavy (non-hydrogen) atoms. The molecule has 1 aromatic rings. The molecule has 0 aliphatic rings. The van der Waals surface area contributed by atoms with Gasteiger partial charge in [-0.15, -0.1) is 0 Å². The van der Waals surface area contributed by atoms with Crippen LogP contribution >= 0.6 is 11.6 Å². The van der Waals surface area contributed by atoms with E-state index in [2.05, 4.69) is 5.32 Å². The summed E-state index contributed by atoms with van der Waals surface area (Å²) in [7, 11) is 0. The fourth-order valence-corrected chi connectivity index (χ4v) is 1.44. The minimum Gasteiger partial charge on any atom is -0.310 e. The Morgan fingerprint density at radius 1 is 1.25 bits per heavy atom. The molecule has 1 aromatic carbocycles. The second-order valence-corrected chi connectivity index (χ2v) is 4.16. The number of nitrogens with one attached hydrogen (secondary N) is 1. The van der Waals surface area contributed by atoms with Crippen LogP contribution in [0.4, 0.5) is 13.2 Å². The summed E-state index contributed by atoms with van der Waals surface area (Å²) in [5.74, 6) is 0. The minimum atomic E-state index is -4.12. The first-order chi connectivity index (χ1) is 7.37. The third-order valence-corrected chi connectivity index (χ3v) is 2.36. The van der Waals surface area contributed by atoms with Crippen LogP contribution in [-0.2, 0) is 6.54 Å². The molecule has 0 radical (unpaired) electrons. The first kappa shape index (κ1) is 13.3. The zero-order valence-corrected chi connectivity index (χ0v) is 9.57. The fraction of sp³-hybridized carbons (Fsp3) is 0.455. The largest absolute Gasteiger partial charge is 0.390 e. The van der Waals surface area contributed by atoms with Crippen LogP contribution in [0, 0.1) is 0 Å². The van der Waals surface area contributed by atoms with Gasteiger partial charge in [-0.1, -0.05) is 23.7 Å². The maximum Gasteiger partial charge on any atom is 0.390 e. The van der Waals surface area contributed by atoms with Gasteiger partial charge in [0.25, 0.3) is 0 Å². The van der Waals surface area contributed by atoms with Crippen molar-refractivity contribution in [2.75, 3.05) is 0 Å². The Kier molecular flexibility index (Phi) is 4.62. The first-order valence-corrected chi connectivity index (χ1v) is 5.29. The summed E-state index contributed by atoms with van der Waals surface area (Å²) >= 11 is 5.69. The van der Waals surface area contributed by atoms with Gasteiger partial charge in [0.15, 0.2) is 0 Å². The molecule has 90 valence electrons. The van der Waals surface area contributed by atoms with Gasteiger partial charge in [0, 0.05) is 17.6 Å². The van der Waals surface area contributed by atoms with Crippen molar-refractivity contribution >= 4 is 11.6 Å². The van der Waals surface area contributed by atoms with Crippen molar-refractivity contribution < 1.29 is 13.2 Å². The van der Waals surface area contributed by atoms with Crippen molar-refractivity contribution in [3.63, 3.8) is 0 Å². The molecule has 0 saturated carbocycles. The molecule has 0 fully saturated rings. The highest BCUT2D eigenvalue weighted by Crippen LogP contribution is 2.21. The van der Waals surface area contributed by atoms with E-state index in [9.17, 15) is 13.2 Å². The second kappa shape index (κ2) is 5.55. The first-order valence-electron chi connectivity index (χ1n) is 4.91. The monoisotopic (exact) mass is 251 g/mol. The molecule has 5 heteroatoms. The molecule has 0 aromatic heterocycles. The molecule has 1 atom stereocenters. The lowest BCUT2D eigenvalue weighted by Gasteiger charge is -2.15. The van der Waals surface area contributed by atoms with Crippen LogP contribution in [0.5, 0.6) is 0 Å². The van der Waals surface area contributed by atoms with Gasteiger partial charge in [-0.25, -0.2) is 0 Å². The topological polar surface area (TPSA) is 12.0 Å². The van der Waals surface area contributed by atoms with Gasteiger partial charge < -0.3 is 5.32 Å². The van der Waals surface area contributed by atoms with Crippen molar-refractivity contribution in [2.24, 2.45) is 0 Å². The van der Waals surface area contributed by atoms with E-state index < -0.39 is 18.6 Å².